The first-order valence-corrected chi connectivity index (χ1v) is 2.84. The van der Waals surface area contributed by atoms with Gasteiger partial charge >= 0.3 is 0 Å². The third kappa shape index (κ3) is 6.10. The van der Waals surface area contributed by atoms with Crippen LogP contribution in [0.4, 0.5) is 0 Å². The Bertz CT molecular complexity index is 127. The van der Waals surface area contributed by atoms with Gasteiger partial charge in [-0.1, -0.05) is 34.8 Å². The van der Waals surface area contributed by atoms with Gasteiger partial charge in [0, 0.05) is 6.08 Å². The van der Waals surface area contributed by atoms with Gasteiger partial charge in [0.15, 0.2) is 0 Å². The fourth-order valence-electron chi connectivity index (χ4n) is 0.132. The molecule has 0 aromatic heterocycles. The van der Waals surface area contributed by atoms with Crippen molar-refractivity contribution in [1.29, 1.82) is 5.26 Å². The average Bonchev–Trinajstić information content (AvgIpc) is 1.59. The fraction of sp³-hybridized carbons (Fsp3) is 0.250. The lowest BCUT2D eigenvalue weighted by Crippen LogP contribution is -1.92. The Hall–Kier alpha value is 0.1000. The van der Waals surface area contributed by atoms with Crippen LogP contribution >= 0.6 is 34.8 Å². The van der Waals surface area contributed by atoms with E-state index >= 15 is 0 Å². The third-order valence-corrected chi connectivity index (χ3v) is 0.725. The molecule has 44 valence electrons. The van der Waals surface area contributed by atoms with E-state index in [0.717, 1.165) is 6.08 Å². The maximum Gasteiger partial charge on any atom is 0.210 e. The van der Waals surface area contributed by atoms with Gasteiger partial charge in [0.25, 0.3) is 0 Å². The highest BCUT2D eigenvalue weighted by atomic mass is 35.6. The predicted molar refractivity (Wildman–Crippen MR) is 35.0 cm³/mol. The predicted octanol–water partition coefficient (Wildman–Crippen LogP) is 2.44. The summed E-state index contributed by atoms with van der Waals surface area (Å²) in [5.74, 6) is 0. The summed E-state index contributed by atoms with van der Waals surface area (Å²) in [5.41, 5.74) is 0. The molecule has 0 saturated heterocycles. The van der Waals surface area contributed by atoms with Crippen molar-refractivity contribution in [3.05, 3.63) is 12.2 Å². The molecule has 0 rings (SSSR count). The van der Waals surface area contributed by atoms with E-state index in [2.05, 4.69) is 0 Å². The van der Waals surface area contributed by atoms with Gasteiger partial charge in [0.05, 0.1) is 6.07 Å². The van der Waals surface area contributed by atoms with E-state index in [1.165, 1.54) is 6.08 Å². The number of alkyl halides is 3. The molecule has 0 bridgehead atoms. The Morgan fingerprint density at radius 1 is 1.38 bits per heavy atom. The Morgan fingerprint density at radius 3 is 2.00 bits per heavy atom. The molecule has 4 heteroatoms. The minimum Gasteiger partial charge on any atom is -0.193 e. The summed E-state index contributed by atoms with van der Waals surface area (Å²) < 4.78 is -1.43. The number of nitriles is 1. The SMILES string of the molecule is N#C/C=C/C(Cl)(Cl)Cl. The van der Waals surface area contributed by atoms with Crippen LogP contribution in [-0.4, -0.2) is 3.79 Å². The van der Waals surface area contributed by atoms with Crippen LogP contribution in [0.15, 0.2) is 12.2 Å². The number of nitrogens with zero attached hydrogens (tertiary/aromatic N) is 1. The minimum absolute atomic E-state index is 1.12. The van der Waals surface area contributed by atoms with Gasteiger partial charge in [-0.15, -0.1) is 0 Å². The van der Waals surface area contributed by atoms with Crippen LogP contribution in [-0.2, 0) is 0 Å². The molecular weight excluding hydrogens is 168 g/mol. The molecule has 0 amide bonds. The number of halogens is 3. The van der Waals surface area contributed by atoms with Gasteiger partial charge in [-0.3, -0.25) is 0 Å². The zero-order valence-corrected chi connectivity index (χ0v) is 6.00. The first kappa shape index (κ1) is 8.10. The summed E-state index contributed by atoms with van der Waals surface area (Å²) in [6, 6.07) is 1.69. The topological polar surface area (TPSA) is 23.8 Å². The van der Waals surface area contributed by atoms with Crippen LogP contribution in [0.1, 0.15) is 0 Å². The lowest BCUT2D eigenvalue weighted by Gasteiger charge is -1.98. The van der Waals surface area contributed by atoms with Crippen LogP contribution in [0, 0.1) is 11.3 Å². The van der Waals surface area contributed by atoms with Gasteiger partial charge in [-0.2, -0.15) is 5.26 Å². The zero-order valence-electron chi connectivity index (χ0n) is 3.74. The second-order valence-corrected chi connectivity index (χ2v) is 3.37. The Labute approximate surface area is 62.4 Å². The monoisotopic (exact) mass is 169 g/mol. The van der Waals surface area contributed by atoms with Crippen LogP contribution in [0.5, 0.6) is 0 Å². The molecule has 1 nitrogen and oxygen atoms in total. The third-order valence-electron chi connectivity index (χ3n) is 0.347. The van der Waals surface area contributed by atoms with Gasteiger partial charge in [-0.05, 0) is 6.08 Å². The molecular formula is C4H2Cl3N. The van der Waals surface area contributed by atoms with E-state index in [9.17, 15) is 0 Å². The van der Waals surface area contributed by atoms with Crippen molar-refractivity contribution in [2.24, 2.45) is 0 Å². The molecule has 0 aromatic rings. The number of allylic oxidation sites excluding steroid dienone is 2. The lowest BCUT2D eigenvalue weighted by atomic mass is 10.6. The molecule has 0 radical (unpaired) electrons. The van der Waals surface area contributed by atoms with Gasteiger partial charge in [0.1, 0.15) is 0 Å². The Balaban J connectivity index is 3.75. The molecule has 0 aliphatic carbocycles. The lowest BCUT2D eigenvalue weighted by molar-refractivity contribution is 1.45. The van der Waals surface area contributed by atoms with E-state index < -0.39 is 3.79 Å². The fourth-order valence-corrected chi connectivity index (χ4v) is 0.321. The van der Waals surface area contributed by atoms with Crippen molar-refractivity contribution in [2.45, 2.75) is 3.79 Å². The number of hydrogen-bond donors (Lipinski definition) is 0. The molecule has 0 saturated carbocycles. The van der Waals surface area contributed by atoms with Gasteiger partial charge < -0.3 is 0 Å². The summed E-state index contributed by atoms with van der Waals surface area (Å²) >= 11 is 15.6. The second kappa shape index (κ2) is 3.19. The summed E-state index contributed by atoms with van der Waals surface area (Å²) in [4.78, 5) is 0. The Kier molecular flexibility index (Phi) is 3.23. The maximum absolute atomic E-state index is 7.92. The first-order chi connectivity index (χ1) is 3.56. The molecule has 0 N–H and O–H groups in total. The highest BCUT2D eigenvalue weighted by Gasteiger charge is 2.12. The van der Waals surface area contributed by atoms with Gasteiger partial charge in [0.2, 0.25) is 3.79 Å². The zero-order chi connectivity index (χ0) is 6.62. The van der Waals surface area contributed by atoms with E-state index in [1.54, 1.807) is 6.07 Å². The van der Waals surface area contributed by atoms with Crippen molar-refractivity contribution >= 4 is 34.8 Å². The summed E-state index contributed by atoms with van der Waals surface area (Å²) in [6.07, 6.45) is 2.30. The highest BCUT2D eigenvalue weighted by molar-refractivity contribution is 6.68. The van der Waals surface area contributed by atoms with Crippen molar-refractivity contribution in [1.82, 2.24) is 0 Å². The minimum atomic E-state index is -1.43. The average molecular weight is 170 g/mol. The van der Waals surface area contributed by atoms with E-state index in [4.69, 9.17) is 40.1 Å². The van der Waals surface area contributed by atoms with Crippen LogP contribution < -0.4 is 0 Å². The molecule has 0 aromatic carbocycles. The molecule has 0 aliphatic heterocycles. The van der Waals surface area contributed by atoms with Crippen molar-refractivity contribution < 1.29 is 0 Å². The standard InChI is InChI=1S/C4H2Cl3N/c5-4(6,7)2-1-3-8/h1-2H/b2-1+. The quantitative estimate of drug-likeness (QED) is 0.405. The summed E-state index contributed by atoms with van der Waals surface area (Å²) in [7, 11) is 0. The summed E-state index contributed by atoms with van der Waals surface area (Å²) in [5, 5.41) is 7.92. The number of hydrogen-bond acceptors (Lipinski definition) is 1. The van der Waals surface area contributed by atoms with Crippen molar-refractivity contribution in [2.75, 3.05) is 0 Å². The smallest absolute Gasteiger partial charge is 0.193 e. The maximum atomic E-state index is 7.92. The number of rotatable bonds is 0. The first-order valence-electron chi connectivity index (χ1n) is 1.70. The van der Waals surface area contributed by atoms with Crippen molar-refractivity contribution in [3.8, 4) is 6.07 Å². The molecule has 0 aliphatic rings. The molecule has 0 atom stereocenters. The molecule has 0 spiro atoms. The highest BCUT2D eigenvalue weighted by Crippen LogP contribution is 2.26. The van der Waals surface area contributed by atoms with Crippen LogP contribution in [0.2, 0.25) is 0 Å². The molecule has 0 unspecified atom stereocenters. The Morgan fingerprint density at radius 2 is 1.88 bits per heavy atom. The van der Waals surface area contributed by atoms with E-state index in [0.29, 0.717) is 0 Å². The van der Waals surface area contributed by atoms with Crippen LogP contribution in [0.25, 0.3) is 0 Å². The van der Waals surface area contributed by atoms with Gasteiger partial charge in [-0.25, -0.2) is 0 Å². The van der Waals surface area contributed by atoms with E-state index in [1.807, 2.05) is 0 Å². The molecule has 8 heavy (non-hydrogen) atoms. The second-order valence-electron chi connectivity index (χ2n) is 1.00. The van der Waals surface area contributed by atoms with E-state index in [-0.39, 0.29) is 0 Å². The normalized spacial score (nSPS) is 11.8. The van der Waals surface area contributed by atoms with Crippen molar-refractivity contribution in [3.63, 3.8) is 0 Å². The molecule has 0 fully saturated rings. The molecule has 0 heterocycles. The largest absolute Gasteiger partial charge is 0.210 e. The summed E-state index contributed by atoms with van der Waals surface area (Å²) in [6.45, 7) is 0. The van der Waals surface area contributed by atoms with Crippen LogP contribution in [0.3, 0.4) is 0 Å².